The lowest BCUT2D eigenvalue weighted by Gasteiger charge is -2.19. The van der Waals surface area contributed by atoms with Gasteiger partial charge in [-0.1, -0.05) is 37.9 Å². The minimum atomic E-state index is -0.104. The number of rotatable bonds is 5. The number of unbranched alkanes of at least 4 members (excludes halogenated alkanes) is 3. The summed E-state index contributed by atoms with van der Waals surface area (Å²) in [6.07, 6.45) is 4.92. The molecule has 0 saturated carbocycles. The van der Waals surface area contributed by atoms with Crippen molar-refractivity contribution in [1.29, 1.82) is 0 Å². The maximum atomic E-state index is 11.3. The summed E-state index contributed by atoms with van der Waals surface area (Å²) in [6.45, 7) is 8.20. The Morgan fingerprint density at radius 2 is 1.86 bits per heavy atom. The summed E-state index contributed by atoms with van der Waals surface area (Å²) in [4.78, 5) is 11.3. The Hall–Kier alpha value is -0.180. The summed E-state index contributed by atoms with van der Waals surface area (Å²) >= 11 is 1.40. The van der Waals surface area contributed by atoms with E-state index in [0.29, 0.717) is 0 Å². The van der Waals surface area contributed by atoms with E-state index in [0.717, 1.165) is 12.2 Å². The molecule has 1 amide bonds. The van der Waals surface area contributed by atoms with Crippen LogP contribution in [-0.2, 0) is 0 Å². The standard InChI is InChI=1S/C11H23NOS/c1-5-6-7-8-9-14-10(13)12-11(2,3)4/h5-9H2,1-4H3,(H,12,13). The second kappa shape index (κ2) is 7.16. The molecule has 0 aliphatic heterocycles. The van der Waals surface area contributed by atoms with Gasteiger partial charge in [0.1, 0.15) is 0 Å². The van der Waals surface area contributed by atoms with Gasteiger partial charge in [0.05, 0.1) is 0 Å². The van der Waals surface area contributed by atoms with Crippen molar-refractivity contribution in [1.82, 2.24) is 5.32 Å². The molecule has 2 nitrogen and oxygen atoms in total. The van der Waals surface area contributed by atoms with Crippen LogP contribution in [0.1, 0.15) is 53.4 Å². The summed E-state index contributed by atoms with van der Waals surface area (Å²) < 4.78 is 0. The van der Waals surface area contributed by atoms with Gasteiger partial charge in [0.15, 0.2) is 0 Å². The maximum Gasteiger partial charge on any atom is 0.279 e. The fraction of sp³-hybridized carbons (Fsp3) is 0.909. The van der Waals surface area contributed by atoms with Gasteiger partial charge in [0, 0.05) is 11.3 Å². The molecule has 0 rings (SSSR count). The van der Waals surface area contributed by atoms with Crippen molar-refractivity contribution in [3.63, 3.8) is 0 Å². The lowest BCUT2D eigenvalue weighted by Crippen LogP contribution is -2.38. The number of carbonyl (C=O) groups is 1. The van der Waals surface area contributed by atoms with E-state index < -0.39 is 0 Å². The summed E-state index contributed by atoms with van der Waals surface area (Å²) in [5.41, 5.74) is -0.104. The first kappa shape index (κ1) is 13.8. The highest BCUT2D eigenvalue weighted by molar-refractivity contribution is 8.13. The highest BCUT2D eigenvalue weighted by Crippen LogP contribution is 2.10. The summed E-state index contributed by atoms with van der Waals surface area (Å²) in [5, 5.41) is 3.04. The molecular weight excluding hydrogens is 194 g/mol. The molecule has 0 aromatic rings. The van der Waals surface area contributed by atoms with Crippen molar-refractivity contribution in [2.24, 2.45) is 0 Å². The number of hydrogen-bond donors (Lipinski definition) is 1. The van der Waals surface area contributed by atoms with E-state index in [2.05, 4.69) is 12.2 Å². The third-order valence-corrected chi connectivity index (χ3v) is 2.57. The van der Waals surface area contributed by atoms with Crippen LogP contribution in [0.5, 0.6) is 0 Å². The molecular formula is C11H23NOS. The Bertz CT molecular complexity index is 163. The predicted octanol–water partition coefficient (Wildman–Crippen LogP) is 3.81. The Morgan fingerprint density at radius 1 is 1.21 bits per heavy atom. The molecule has 0 spiro atoms. The van der Waals surface area contributed by atoms with Crippen molar-refractivity contribution < 1.29 is 4.79 Å². The zero-order valence-electron chi connectivity index (χ0n) is 9.85. The van der Waals surface area contributed by atoms with Crippen molar-refractivity contribution in [2.45, 2.75) is 58.9 Å². The third kappa shape index (κ3) is 9.90. The third-order valence-electron chi connectivity index (χ3n) is 1.71. The van der Waals surface area contributed by atoms with E-state index in [1.165, 1.54) is 31.0 Å². The van der Waals surface area contributed by atoms with E-state index in [9.17, 15) is 4.79 Å². The Kier molecular flexibility index (Phi) is 7.06. The average molecular weight is 217 g/mol. The SMILES string of the molecule is CCCCCCSC(=O)NC(C)(C)C. The minimum Gasteiger partial charge on any atom is -0.342 e. The largest absolute Gasteiger partial charge is 0.342 e. The molecule has 0 fully saturated rings. The van der Waals surface area contributed by atoms with Crippen LogP contribution in [0, 0.1) is 0 Å². The first-order valence-electron chi connectivity index (χ1n) is 5.40. The molecule has 0 aliphatic carbocycles. The van der Waals surface area contributed by atoms with Gasteiger partial charge in [-0.05, 0) is 27.2 Å². The molecule has 0 aromatic carbocycles. The van der Waals surface area contributed by atoms with E-state index >= 15 is 0 Å². The van der Waals surface area contributed by atoms with Crippen LogP contribution in [0.15, 0.2) is 0 Å². The van der Waals surface area contributed by atoms with Crippen molar-refractivity contribution in [2.75, 3.05) is 5.75 Å². The lowest BCUT2D eigenvalue weighted by atomic mass is 10.1. The van der Waals surface area contributed by atoms with Gasteiger partial charge in [-0.25, -0.2) is 0 Å². The quantitative estimate of drug-likeness (QED) is 0.710. The van der Waals surface area contributed by atoms with Gasteiger partial charge >= 0.3 is 0 Å². The van der Waals surface area contributed by atoms with Gasteiger partial charge in [0.2, 0.25) is 0 Å². The summed E-state index contributed by atoms with van der Waals surface area (Å²) in [5.74, 6) is 0.946. The number of amides is 1. The molecule has 1 N–H and O–H groups in total. The molecule has 0 saturated heterocycles. The van der Waals surface area contributed by atoms with Gasteiger partial charge in [-0.15, -0.1) is 0 Å². The molecule has 14 heavy (non-hydrogen) atoms. The topological polar surface area (TPSA) is 29.1 Å². The van der Waals surface area contributed by atoms with E-state index in [4.69, 9.17) is 0 Å². The summed E-state index contributed by atoms with van der Waals surface area (Å²) in [7, 11) is 0. The second-order valence-electron chi connectivity index (χ2n) is 4.57. The molecule has 0 radical (unpaired) electrons. The van der Waals surface area contributed by atoms with E-state index in [1.807, 2.05) is 20.8 Å². The number of thioether (sulfide) groups is 1. The van der Waals surface area contributed by atoms with Gasteiger partial charge in [0.25, 0.3) is 5.24 Å². The molecule has 0 heterocycles. The van der Waals surface area contributed by atoms with Crippen LogP contribution < -0.4 is 5.32 Å². The predicted molar refractivity (Wildman–Crippen MR) is 64.9 cm³/mol. The fourth-order valence-electron chi connectivity index (χ4n) is 1.04. The average Bonchev–Trinajstić information content (AvgIpc) is 2.00. The number of carbonyl (C=O) groups excluding carboxylic acids is 1. The zero-order chi connectivity index (χ0) is 11.0. The smallest absolute Gasteiger partial charge is 0.279 e. The molecule has 84 valence electrons. The Labute approximate surface area is 92.2 Å². The van der Waals surface area contributed by atoms with Crippen molar-refractivity contribution in [3.8, 4) is 0 Å². The normalized spacial score (nSPS) is 11.4. The fourth-order valence-corrected chi connectivity index (χ4v) is 1.95. The lowest BCUT2D eigenvalue weighted by molar-refractivity contribution is 0.253. The molecule has 0 aromatic heterocycles. The Balaban J connectivity index is 3.36. The minimum absolute atomic E-state index is 0.104. The number of nitrogens with one attached hydrogen (secondary N) is 1. The second-order valence-corrected chi connectivity index (χ2v) is 5.64. The first-order valence-corrected chi connectivity index (χ1v) is 6.39. The Morgan fingerprint density at radius 3 is 2.36 bits per heavy atom. The molecule has 0 unspecified atom stereocenters. The number of hydrogen-bond acceptors (Lipinski definition) is 2. The molecule has 3 heteroatoms. The first-order chi connectivity index (χ1) is 6.45. The summed E-state index contributed by atoms with van der Waals surface area (Å²) in [6, 6.07) is 0. The van der Waals surface area contributed by atoms with E-state index in [-0.39, 0.29) is 10.8 Å². The van der Waals surface area contributed by atoms with Crippen LogP contribution >= 0.6 is 11.8 Å². The zero-order valence-corrected chi connectivity index (χ0v) is 10.7. The molecule has 0 aliphatic rings. The van der Waals surface area contributed by atoms with Gasteiger partial charge < -0.3 is 5.32 Å². The molecule has 0 atom stereocenters. The van der Waals surface area contributed by atoms with Crippen molar-refractivity contribution in [3.05, 3.63) is 0 Å². The van der Waals surface area contributed by atoms with Gasteiger partial charge in [-0.3, -0.25) is 4.79 Å². The van der Waals surface area contributed by atoms with Crippen LogP contribution in [0.3, 0.4) is 0 Å². The van der Waals surface area contributed by atoms with Crippen LogP contribution in [0.25, 0.3) is 0 Å². The van der Waals surface area contributed by atoms with Crippen molar-refractivity contribution >= 4 is 17.0 Å². The van der Waals surface area contributed by atoms with Gasteiger partial charge in [-0.2, -0.15) is 0 Å². The van der Waals surface area contributed by atoms with Crippen LogP contribution in [-0.4, -0.2) is 16.5 Å². The highest BCUT2D eigenvalue weighted by atomic mass is 32.2. The highest BCUT2D eigenvalue weighted by Gasteiger charge is 2.13. The van der Waals surface area contributed by atoms with Crippen LogP contribution in [0.2, 0.25) is 0 Å². The maximum absolute atomic E-state index is 11.3. The van der Waals surface area contributed by atoms with Crippen LogP contribution in [0.4, 0.5) is 4.79 Å². The molecule has 0 bridgehead atoms. The monoisotopic (exact) mass is 217 g/mol. The van der Waals surface area contributed by atoms with E-state index in [1.54, 1.807) is 0 Å².